The van der Waals surface area contributed by atoms with E-state index in [-0.39, 0.29) is 30.2 Å². The Kier molecular flexibility index (Phi) is 17.2. The molecule has 0 saturated carbocycles. The summed E-state index contributed by atoms with van der Waals surface area (Å²) in [5.41, 5.74) is -0.0455. The van der Waals surface area contributed by atoms with Crippen molar-refractivity contribution in [2.75, 3.05) is 6.61 Å². The Balaban J connectivity index is 0. The van der Waals surface area contributed by atoms with E-state index in [1.807, 2.05) is 30.3 Å². The fourth-order valence-corrected chi connectivity index (χ4v) is 2.72. The number of hydrogen-bond acceptors (Lipinski definition) is 1. The molecule has 0 saturated heterocycles. The molecule has 0 bridgehead atoms. The number of halogens is 2. The molecule has 0 atom stereocenters. The minimum Gasteiger partial charge on any atom is -1.00 e. The van der Waals surface area contributed by atoms with Crippen molar-refractivity contribution >= 4 is 16.2 Å². The topological polar surface area (TPSA) is 20.2 Å². The van der Waals surface area contributed by atoms with Crippen LogP contribution in [-0.4, -0.2) is 17.1 Å². The normalized spacial score (nSPS) is 8.36. The first-order chi connectivity index (χ1) is 9.74. The van der Waals surface area contributed by atoms with Gasteiger partial charge in [0.15, 0.2) is 0 Å². The summed E-state index contributed by atoms with van der Waals surface area (Å²) in [6.45, 7) is 2.63. The molecule has 22 heavy (non-hydrogen) atoms. The Morgan fingerprint density at radius 1 is 1.00 bits per heavy atom. The number of aliphatic hydroxyl groups is 1. The zero-order chi connectivity index (χ0) is 14.6. The molecule has 0 radical (unpaired) electrons. The van der Waals surface area contributed by atoms with Crippen LogP contribution in [0.4, 0.5) is 0 Å². The van der Waals surface area contributed by atoms with E-state index in [0.29, 0.717) is 6.61 Å². The molecule has 0 spiro atoms. The van der Waals surface area contributed by atoms with Crippen molar-refractivity contribution in [3.05, 3.63) is 72.8 Å². The molecule has 0 unspecified atom stereocenters. The first-order valence-electron chi connectivity index (χ1n) is 6.66. The summed E-state index contributed by atoms with van der Waals surface area (Å²) in [5, 5.41) is 10.9. The van der Waals surface area contributed by atoms with E-state index in [4.69, 9.17) is 5.11 Å². The first-order valence-corrected chi connectivity index (χ1v) is 12.6. The van der Waals surface area contributed by atoms with Crippen molar-refractivity contribution in [1.82, 2.24) is 0 Å². The van der Waals surface area contributed by atoms with Gasteiger partial charge in [-0.2, -0.15) is 35.7 Å². The SMILES string of the molecule is C[Si](=[Zr+2])CCO.[Cl-].[Cl-].c1cc[cH-]c1.c1ccc2[cH-]ccc2c1. The molecule has 5 heteroatoms. The summed E-state index contributed by atoms with van der Waals surface area (Å²) in [6.07, 6.45) is 0. The van der Waals surface area contributed by atoms with Crippen molar-refractivity contribution < 1.29 is 53.3 Å². The summed E-state index contributed by atoms with van der Waals surface area (Å²) in [5.74, 6) is 0. The van der Waals surface area contributed by atoms with Crippen molar-refractivity contribution in [3.63, 3.8) is 0 Å². The van der Waals surface area contributed by atoms with Gasteiger partial charge in [-0.3, -0.25) is 0 Å². The van der Waals surface area contributed by atoms with Gasteiger partial charge in [-0.1, -0.05) is 6.07 Å². The minimum atomic E-state index is -0.0455. The summed E-state index contributed by atoms with van der Waals surface area (Å²) < 4.78 is 0. The van der Waals surface area contributed by atoms with Crippen LogP contribution >= 0.6 is 0 Å². The molecule has 118 valence electrons. The average Bonchev–Trinajstić information content (AvgIpc) is 3.14. The predicted molar refractivity (Wildman–Crippen MR) is 85.1 cm³/mol. The van der Waals surface area contributed by atoms with Gasteiger partial charge in [-0.25, -0.2) is 12.1 Å². The maximum atomic E-state index is 8.28. The third kappa shape index (κ3) is 11.4. The Bertz CT molecular complexity index is 546. The number of fused-ring (bicyclic) bond motifs is 1. The van der Waals surface area contributed by atoms with Crippen LogP contribution in [0.25, 0.3) is 10.8 Å². The van der Waals surface area contributed by atoms with Crippen molar-refractivity contribution in [1.29, 1.82) is 0 Å². The van der Waals surface area contributed by atoms with E-state index in [2.05, 4.69) is 49.0 Å². The van der Waals surface area contributed by atoms with E-state index in [1.165, 1.54) is 10.8 Å². The Hall–Kier alpha value is -0.180. The van der Waals surface area contributed by atoms with Crippen LogP contribution in [0.2, 0.25) is 12.6 Å². The van der Waals surface area contributed by atoms with Gasteiger partial charge in [0.25, 0.3) is 0 Å². The third-order valence-electron chi connectivity index (χ3n) is 2.59. The summed E-state index contributed by atoms with van der Waals surface area (Å²) in [4.78, 5) is 0. The van der Waals surface area contributed by atoms with Crippen molar-refractivity contribution in [3.8, 4) is 0 Å². The second kappa shape index (κ2) is 15.7. The fraction of sp³-hybridized carbons (Fsp3) is 0.176. The van der Waals surface area contributed by atoms with Gasteiger partial charge < -0.3 is 24.8 Å². The van der Waals surface area contributed by atoms with Crippen LogP contribution in [0.1, 0.15) is 0 Å². The van der Waals surface area contributed by atoms with E-state index >= 15 is 0 Å². The van der Waals surface area contributed by atoms with Gasteiger partial charge >= 0.3 is 53.1 Å². The molecule has 0 fully saturated rings. The monoisotopic (exact) mass is 428 g/mol. The Labute approximate surface area is 160 Å². The summed E-state index contributed by atoms with van der Waals surface area (Å²) in [7, 11) is 0. The third-order valence-corrected chi connectivity index (χ3v) is 5.41. The molecular formula is C17H20Cl2OSiZr-2. The molecule has 0 amide bonds. The number of rotatable bonds is 2. The zero-order valence-corrected chi connectivity index (χ0v) is 17.5. The second-order valence-electron chi connectivity index (χ2n) is 4.37. The van der Waals surface area contributed by atoms with Gasteiger partial charge in [0.1, 0.15) is 0 Å². The molecule has 0 aliphatic carbocycles. The molecule has 3 aromatic rings. The van der Waals surface area contributed by atoms with Crippen LogP contribution in [0.15, 0.2) is 72.8 Å². The Morgan fingerprint density at radius 3 is 2.05 bits per heavy atom. The van der Waals surface area contributed by atoms with Crippen LogP contribution in [0.3, 0.4) is 0 Å². The largest absolute Gasteiger partial charge is 1.00 e. The maximum Gasteiger partial charge on any atom is -0.0809 e. The van der Waals surface area contributed by atoms with E-state index in [9.17, 15) is 0 Å². The van der Waals surface area contributed by atoms with Crippen LogP contribution in [-0.2, 0) is 23.3 Å². The molecule has 3 aromatic carbocycles. The van der Waals surface area contributed by atoms with E-state index < -0.39 is 0 Å². The molecule has 0 aliphatic rings. The van der Waals surface area contributed by atoms with Crippen molar-refractivity contribution in [2.24, 2.45) is 0 Å². The quantitative estimate of drug-likeness (QED) is 0.373. The first kappa shape index (κ1) is 24.1. The van der Waals surface area contributed by atoms with Crippen molar-refractivity contribution in [2.45, 2.75) is 12.6 Å². The van der Waals surface area contributed by atoms with Gasteiger partial charge in [0.05, 0.1) is 0 Å². The number of hydrogen-bond donors (Lipinski definition) is 1. The predicted octanol–water partition coefficient (Wildman–Crippen LogP) is -1.88. The molecule has 0 aromatic heterocycles. The van der Waals surface area contributed by atoms with Gasteiger partial charge in [0, 0.05) is 0 Å². The van der Waals surface area contributed by atoms with Gasteiger partial charge in [-0.15, -0.1) is 29.7 Å². The molecule has 1 nitrogen and oxygen atoms in total. The minimum absolute atomic E-state index is 0. The average molecular weight is 431 g/mol. The maximum absolute atomic E-state index is 8.28. The standard InChI is InChI=1S/C9H7.C5H5.C3H8OSi.2ClH.Zr/c1-2-5-9-7-3-6-8(9)4-1;1-2-4-5-3-1;1-5-3-2-4;;;/h1-7H;1-5H;4H,2-3H2,1H3;2*1H;/q2*-1;;;;+2/p-2. The van der Waals surface area contributed by atoms with Gasteiger partial charge in [0.2, 0.25) is 0 Å². The second-order valence-corrected chi connectivity index (χ2v) is 12.7. The molecule has 0 heterocycles. The number of aliphatic hydroxyl groups excluding tert-OH is 1. The van der Waals surface area contributed by atoms with Crippen LogP contribution in [0.5, 0.6) is 0 Å². The smallest absolute Gasteiger partial charge is 0.0809 e. The van der Waals surface area contributed by atoms with Gasteiger partial charge in [-0.05, 0) is 0 Å². The van der Waals surface area contributed by atoms with E-state index in [0.717, 1.165) is 6.04 Å². The van der Waals surface area contributed by atoms with Crippen LogP contribution < -0.4 is 24.8 Å². The van der Waals surface area contributed by atoms with Crippen LogP contribution in [0, 0.1) is 0 Å². The Morgan fingerprint density at radius 2 is 1.64 bits per heavy atom. The molecule has 3 rings (SSSR count). The van der Waals surface area contributed by atoms with E-state index in [1.54, 1.807) is 23.3 Å². The molecule has 0 aliphatic heterocycles. The summed E-state index contributed by atoms with van der Waals surface area (Å²) in [6, 6.07) is 25.7. The summed E-state index contributed by atoms with van der Waals surface area (Å²) >= 11 is 1.63. The zero-order valence-electron chi connectivity index (χ0n) is 12.5. The molecule has 1 N–H and O–H groups in total. The molecular weight excluding hydrogens is 410 g/mol. The number of benzene rings is 1. The fourth-order valence-electron chi connectivity index (χ4n) is 1.56.